The fourth-order valence-corrected chi connectivity index (χ4v) is 3.01. The number of amides is 1. The first-order chi connectivity index (χ1) is 8.29. The normalized spacial score (nSPS) is 24.9. The molecule has 0 aromatic heterocycles. The lowest BCUT2D eigenvalue weighted by atomic mass is 9.82. The molecule has 2 atom stereocenters. The van der Waals surface area contributed by atoms with Crippen molar-refractivity contribution in [2.75, 3.05) is 26.3 Å². The van der Waals surface area contributed by atoms with Crippen LogP contribution in [0.1, 0.15) is 32.6 Å². The van der Waals surface area contributed by atoms with Crippen LogP contribution in [0.2, 0.25) is 0 Å². The molecule has 18 heavy (non-hydrogen) atoms. The summed E-state index contributed by atoms with van der Waals surface area (Å²) in [5, 5.41) is 13.3. The van der Waals surface area contributed by atoms with Crippen LogP contribution < -0.4 is 5.32 Å². The molecule has 1 fully saturated rings. The van der Waals surface area contributed by atoms with E-state index >= 15 is 0 Å². The Hall–Kier alpha value is -0.380. The van der Waals surface area contributed by atoms with Crippen LogP contribution >= 0.6 is 7.14 Å². The third-order valence-electron chi connectivity index (χ3n) is 3.29. The molecule has 106 valence electrons. The smallest absolute Gasteiger partial charge is 0.250 e. The highest BCUT2D eigenvalue weighted by molar-refractivity contribution is 7.62. The second-order valence-corrected chi connectivity index (χ2v) is 9.31. The lowest BCUT2D eigenvalue weighted by Crippen LogP contribution is -2.41. The molecule has 0 aliphatic heterocycles. The van der Waals surface area contributed by atoms with E-state index in [1.165, 1.54) is 6.42 Å². The van der Waals surface area contributed by atoms with E-state index in [-0.39, 0.29) is 18.5 Å². The van der Waals surface area contributed by atoms with Gasteiger partial charge in [-0.2, -0.15) is 0 Å². The largest absolute Gasteiger partial charge is 0.323 e. The van der Waals surface area contributed by atoms with Gasteiger partial charge in [-0.3, -0.25) is 15.3 Å². The quantitative estimate of drug-likeness (QED) is 0.349. The molecule has 1 rings (SSSR count). The number of carbonyl (C=O) groups excluding carboxylic acids is 1. The Labute approximate surface area is 109 Å². The van der Waals surface area contributed by atoms with Crippen LogP contribution in [0.15, 0.2) is 0 Å². The zero-order chi connectivity index (χ0) is 13.8. The van der Waals surface area contributed by atoms with Gasteiger partial charge in [-0.05, 0) is 32.1 Å². The van der Waals surface area contributed by atoms with Gasteiger partial charge in [0.1, 0.15) is 0 Å². The maximum absolute atomic E-state index is 12.0. The molecule has 2 N–H and O–H groups in total. The van der Waals surface area contributed by atoms with Crippen molar-refractivity contribution in [3.8, 4) is 0 Å². The molecule has 0 spiro atoms. The van der Waals surface area contributed by atoms with Crippen molar-refractivity contribution >= 4 is 13.0 Å². The van der Waals surface area contributed by atoms with E-state index in [0.717, 1.165) is 24.3 Å². The van der Waals surface area contributed by atoms with Gasteiger partial charge in [0.05, 0.1) is 20.1 Å². The van der Waals surface area contributed by atoms with Crippen LogP contribution in [0.5, 0.6) is 0 Å². The lowest BCUT2D eigenvalue weighted by molar-refractivity contribution is -0.173. The SMILES string of the molecule is CC1CCCC(C(=O)N(O)CNCP(C)(C)=O)C1. The minimum absolute atomic E-state index is 0.0510. The molecule has 1 amide bonds. The van der Waals surface area contributed by atoms with Crippen molar-refractivity contribution in [3.63, 3.8) is 0 Å². The lowest BCUT2D eigenvalue weighted by Gasteiger charge is -2.28. The number of hydrogen-bond donors (Lipinski definition) is 2. The van der Waals surface area contributed by atoms with Gasteiger partial charge in [-0.15, -0.1) is 0 Å². The highest BCUT2D eigenvalue weighted by Gasteiger charge is 2.28. The van der Waals surface area contributed by atoms with Crippen LogP contribution in [0.4, 0.5) is 0 Å². The molecule has 1 aliphatic rings. The maximum atomic E-state index is 12.0. The number of carbonyl (C=O) groups is 1. The van der Waals surface area contributed by atoms with Crippen LogP contribution in [-0.2, 0) is 9.36 Å². The topological polar surface area (TPSA) is 69.6 Å². The van der Waals surface area contributed by atoms with E-state index in [2.05, 4.69) is 12.2 Å². The summed E-state index contributed by atoms with van der Waals surface area (Å²) in [6, 6.07) is 0. The minimum atomic E-state index is -2.15. The first-order valence-electron chi connectivity index (χ1n) is 6.54. The molecule has 0 heterocycles. The maximum Gasteiger partial charge on any atom is 0.250 e. The van der Waals surface area contributed by atoms with Gasteiger partial charge in [0, 0.05) is 5.92 Å². The van der Waals surface area contributed by atoms with Crippen molar-refractivity contribution in [2.24, 2.45) is 11.8 Å². The van der Waals surface area contributed by atoms with E-state index in [0.29, 0.717) is 12.2 Å². The fourth-order valence-electron chi connectivity index (χ4n) is 2.37. The van der Waals surface area contributed by atoms with Crippen LogP contribution in [0.25, 0.3) is 0 Å². The Kier molecular flexibility index (Phi) is 5.83. The van der Waals surface area contributed by atoms with E-state index < -0.39 is 7.14 Å². The summed E-state index contributed by atoms with van der Waals surface area (Å²) in [6.07, 6.45) is 4.27. The van der Waals surface area contributed by atoms with Gasteiger partial charge < -0.3 is 4.57 Å². The van der Waals surface area contributed by atoms with Gasteiger partial charge in [0.15, 0.2) is 0 Å². The second kappa shape index (κ2) is 6.69. The molecule has 6 heteroatoms. The molecule has 5 nitrogen and oxygen atoms in total. The zero-order valence-corrected chi connectivity index (χ0v) is 12.4. The molecule has 0 radical (unpaired) electrons. The minimum Gasteiger partial charge on any atom is -0.323 e. The average molecular weight is 276 g/mol. The van der Waals surface area contributed by atoms with Crippen LogP contribution in [-0.4, -0.2) is 42.5 Å². The molecule has 0 bridgehead atoms. The first kappa shape index (κ1) is 15.7. The summed E-state index contributed by atoms with van der Waals surface area (Å²) in [5.74, 6) is 0.284. The van der Waals surface area contributed by atoms with Crippen molar-refractivity contribution < 1.29 is 14.6 Å². The molecular formula is C12H25N2O3P. The molecular weight excluding hydrogens is 251 g/mol. The summed E-state index contributed by atoms with van der Waals surface area (Å²) in [4.78, 5) is 12.0. The summed E-state index contributed by atoms with van der Waals surface area (Å²) < 4.78 is 11.5. The van der Waals surface area contributed by atoms with Crippen molar-refractivity contribution in [2.45, 2.75) is 32.6 Å². The Morgan fingerprint density at radius 1 is 1.44 bits per heavy atom. The monoisotopic (exact) mass is 276 g/mol. The highest BCUT2D eigenvalue weighted by Crippen LogP contribution is 2.33. The molecule has 2 unspecified atom stereocenters. The fraction of sp³-hybridized carbons (Fsp3) is 0.917. The number of nitrogens with one attached hydrogen (secondary N) is 1. The third-order valence-corrected chi connectivity index (χ3v) is 4.28. The Bertz CT molecular complexity index is 329. The predicted octanol–water partition coefficient (Wildman–Crippen LogP) is 2.16. The number of nitrogens with zero attached hydrogens (tertiary/aromatic N) is 1. The highest BCUT2D eigenvalue weighted by atomic mass is 31.2. The van der Waals surface area contributed by atoms with Gasteiger partial charge in [-0.1, -0.05) is 19.8 Å². The Balaban J connectivity index is 2.34. The molecule has 1 aliphatic carbocycles. The Morgan fingerprint density at radius 3 is 2.67 bits per heavy atom. The van der Waals surface area contributed by atoms with Crippen molar-refractivity contribution in [1.29, 1.82) is 0 Å². The number of hydroxylamine groups is 2. The summed E-state index contributed by atoms with van der Waals surface area (Å²) >= 11 is 0. The van der Waals surface area contributed by atoms with Gasteiger partial charge in [0.25, 0.3) is 0 Å². The molecule has 0 saturated heterocycles. The standard InChI is InChI=1S/C12H25N2O3P/c1-10-5-4-6-11(7-10)12(15)14(16)8-13-9-18(2,3)17/h10-11,13,16H,4-9H2,1-3H3. The predicted molar refractivity (Wildman–Crippen MR) is 72.1 cm³/mol. The van der Waals surface area contributed by atoms with E-state index in [9.17, 15) is 14.6 Å². The molecule has 1 saturated carbocycles. The first-order valence-corrected chi connectivity index (χ1v) is 9.33. The van der Waals surface area contributed by atoms with Gasteiger partial charge in [0.2, 0.25) is 5.91 Å². The number of rotatable bonds is 5. The van der Waals surface area contributed by atoms with Crippen molar-refractivity contribution in [3.05, 3.63) is 0 Å². The van der Waals surface area contributed by atoms with Crippen molar-refractivity contribution in [1.82, 2.24) is 10.4 Å². The number of hydrogen-bond acceptors (Lipinski definition) is 4. The summed E-state index contributed by atoms with van der Waals surface area (Å²) in [5.41, 5.74) is 0. The molecule has 0 aromatic rings. The summed E-state index contributed by atoms with van der Waals surface area (Å²) in [7, 11) is -2.15. The van der Waals surface area contributed by atoms with E-state index in [1.54, 1.807) is 13.3 Å². The second-order valence-electron chi connectivity index (χ2n) is 5.85. The third kappa shape index (κ3) is 5.51. The average Bonchev–Trinajstić information content (AvgIpc) is 2.26. The van der Waals surface area contributed by atoms with Gasteiger partial charge in [-0.25, -0.2) is 5.06 Å². The van der Waals surface area contributed by atoms with Crippen LogP contribution in [0, 0.1) is 11.8 Å². The Morgan fingerprint density at radius 2 is 2.11 bits per heavy atom. The van der Waals surface area contributed by atoms with E-state index in [1.807, 2.05) is 0 Å². The zero-order valence-electron chi connectivity index (χ0n) is 11.6. The molecule has 0 aromatic carbocycles. The van der Waals surface area contributed by atoms with Gasteiger partial charge >= 0.3 is 0 Å². The summed E-state index contributed by atoms with van der Waals surface area (Å²) in [6.45, 7) is 5.54. The van der Waals surface area contributed by atoms with Crippen LogP contribution in [0.3, 0.4) is 0 Å². The van der Waals surface area contributed by atoms with E-state index in [4.69, 9.17) is 0 Å².